The molecule has 3 aromatic heterocycles. The van der Waals surface area contributed by atoms with E-state index in [1.165, 1.54) is 11.8 Å². The fraction of sp³-hybridized carbons (Fsp3) is 0.258. The van der Waals surface area contributed by atoms with Crippen LogP contribution in [0.1, 0.15) is 33.9 Å². The summed E-state index contributed by atoms with van der Waals surface area (Å²) in [4.78, 5) is 21.2. The van der Waals surface area contributed by atoms with Crippen molar-refractivity contribution in [2.24, 2.45) is 0 Å². The third kappa shape index (κ3) is 5.93. The van der Waals surface area contributed by atoms with Crippen molar-refractivity contribution in [2.75, 3.05) is 13.7 Å². The van der Waals surface area contributed by atoms with Crippen LogP contribution in [0, 0.1) is 23.0 Å². The third-order valence-corrected chi connectivity index (χ3v) is 7.21. The van der Waals surface area contributed by atoms with Crippen molar-refractivity contribution in [1.29, 1.82) is 5.26 Å². The van der Waals surface area contributed by atoms with Crippen LogP contribution in [0.15, 0.2) is 60.8 Å². The molecule has 0 radical (unpaired) electrons. The van der Waals surface area contributed by atoms with Gasteiger partial charge in [-0.2, -0.15) is 10.4 Å². The number of aromatic nitrogens is 5. The molecular weight excluding hydrogens is 558 g/mol. The number of pyridine rings is 1. The van der Waals surface area contributed by atoms with Gasteiger partial charge in [0, 0.05) is 30.9 Å². The summed E-state index contributed by atoms with van der Waals surface area (Å²) in [6, 6.07) is 15.9. The van der Waals surface area contributed by atoms with Crippen LogP contribution in [0.5, 0.6) is 5.88 Å². The minimum absolute atomic E-state index is 0.0101. The van der Waals surface area contributed by atoms with Crippen LogP contribution in [-0.2, 0) is 35.6 Å². The van der Waals surface area contributed by atoms with Crippen LogP contribution >= 0.6 is 0 Å². The number of nitrogens with zero attached hydrogens (tertiary/aromatic N) is 6. The Morgan fingerprint density at radius 1 is 1.14 bits per heavy atom. The quantitative estimate of drug-likeness (QED) is 0.214. The molecule has 1 aliphatic heterocycles. The fourth-order valence-electron chi connectivity index (χ4n) is 4.91. The van der Waals surface area contributed by atoms with Gasteiger partial charge in [0.25, 0.3) is 0 Å². The maximum absolute atomic E-state index is 15.5. The van der Waals surface area contributed by atoms with Crippen molar-refractivity contribution in [1.82, 2.24) is 24.3 Å². The zero-order valence-corrected chi connectivity index (χ0v) is 23.2. The molecule has 0 N–H and O–H groups in total. The molecule has 1 saturated heterocycles. The summed E-state index contributed by atoms with van der Waals surface area (Å²) in [5.74, 6) is -0.997. The van der Waals surface area contributed by atoms with Crippen molar-refractivity contribution in [2.45, 2.75) is 38.6 Å². The number of ether oxygens (including phenoxy) is 3. The molecule has 1 atom stereocenters. The summed E-state index contributed by atoms with van der Waals surface area (Å²) in [6.07, 6.45) is 2.53. The van der Waals surface area contributed by atoms with Gasteiger partial charge in [0.05, 0.1) is 53.8 Å². The van der Waals surface area contributed by atoms with Crippen LogP contribution in [-0.4, -0.2) is 50.1 Å². The number of hydrogen-bond donors (Lipinski definition) is 0. The van der Waals surface area contributed by atoms with Gasteiger partial charge < -0.3 is 18.8 Å². The second-order valence-corrected chi connectivity index (χ2v) is 10.0. The highest BCUT2D eigenvalue weighted by atomic mass is 19.1. The minimum atomic E-state index is -0.644. The summed E-state index contributed by atoms with van der Waals surface area (Å²) in [6.45, 7) is 1.35. The number of fused-ring (bicyclic) bond motifs is 1. The van der Waals surface area contributed by atoms with Gasteiger partial charge >= 0.3 is 5.97 Å². The molecule has 0 aliphatic carbocycles. The lowest BCUT2D eigenvalue weighted by molar-refractivity contribution is -0.0589. The molecule has 218 valence electrons. The monoisotopic (exact) mass is 584 g/mol. The van der Waals surface area contributed by atoms with Gasteiger partial charge in [0.15, 0.2) is 0 Å². The molecular formula is C31H26F2N6O4. The first-order valence-electron chi connectivity index (χ1n) is 13.6. The lowest BCUT2D eigenvalue weighted by Gasteiger charge is -2.27. The standard InChI is InChI=1S/C31H26F2N6O4/c1-41-31(40)19-5-6-27-28(14-19)39(17-22-8-12-42-22)29(35-27)15-20-13-25(33)23(16-24(20)32)26-3-2-4-30(36-26)43-18-21-7-10-38(37-21)11-9-34/h2-7,10,13-14,16,22H,8,11-12,15,17-18H2,1H3/t22-/m0/s1. The number of benzene rings is 2. The van der Waals surface area contributed by atoms with E-state index in [-0.39, 0.29) is 48.4 Å². The average molecular weight is 585 g/mol. The number of nitriles is 1. The highest BCUT2D eigenvalue weighted by molar-refractivity contribution is 5.93. The van der Waals surface area contributed by atoms with Crippen molar-refractivity contribution < 1.29 is 27.8 Å². The van der Waals surface area contributed by atoms with E-state index < -0.39 is 17.6 Å². The van der Waals surface area contributed by atoms with Crippen molar-refractivity contribution in [3.63, 3.8) is 0 Å². The Labute approximate surface area is 245 Å². The first kappa shape index (κ1) is 28.0. The topological polar surface area (TPSA) is 117 Å². The number of imidazole rings is 1. The summed E-state index contributed by atoms with van der Waals surface area (Å²) in [5.41, 5.74) is 2.60. The van der Waals surface area contributed by atoms with Crippen molar-refractivity contribution in [3.8, 4) is 23.2 Å². The fourth-order valence-corrected chi connectivity index (χ4v) is 4.91. The van der Waals surface area contributed by atoms with Crippen LogP contribution in [0.3, 0.4) is 0 Å². The number of hydrogen-bond acceptors (Lipinski definition) is 8. The molecule has 12 heteroatoms. The van der Waals surface area contributed by atoms with Crippen LogP contribution in [0.2, 0.25) is 0 Å². The molecule has 1 fully saturated rings. The van der Waals surface area contributed by atoms with Gasteiger partial charge in [-0.25, -0.2) is 23.5 Å². The number of halogens is 2. The van der Waals surface area contributed by atoms with E-state index in [0.29, 0.717) is 41.3 Å². The highest BCUT2D eigenvalue weighted by Crippen LogP contribution is 2.29. The second-order valence-electron chi connectivity index (χ2n) is 10.0. The predicted octanol–water partition coefficient (Wildman–Crippen LogP) is 4.84. The lowest BCUT2D eigenvalue weighted by Crippen LogP contribution is -2.31. The van der Waals surface area contributed by atoms with E-state index >= 15 is 8.78 Å². The highest BCUT2D eigenvalue weighted by Gasteiger charge is 2.24. The number of carbonyl (C=O) groups excluding carboxylic acids is 1. The number of carbonyl (C=O) groups is 1. The second kappa shape index (κ2) is 12.0. The van der Waals surface area contributed by atoms with Gasteiger partial charge in [-0.15, -0.1) is 0 Å². The Morgan fingerprint density at radius 2 is 2.00 bits per heavy atom. The van der Waals surface area contributed by atoms with Gasteiger partial charge in [0.1, 0.15) is 30.6 Å². The zero-order valence-electron chi connectivity index (χ0n) is 23.2. The summed E-state index contributed by atoms with van der Waals surface area (Å²) in [5, 5.41) is 13.0. The van der Waals surface area contributed by atoms with Gasteiger partial charge in [-0.1, -0.05) is 6.07 Å². The van der Waals surface area contributed by atoms with Crippen LogP contribution in [0.4, 0.5) is 8.78 Å². The van der Waals surface area contributed by atoms with Gasteiger partial charge in [0.2, 0.25) is 5.88 Å². The lowest BCUT2D eigenvalue weighted by atomic mass is 10.0. The number of methoxy groups -OCH3 is 1. The van der Waals surface area contributed by atoms with Crippen molar-refractivity contribution in [3.05, 3.63) is 95.1 Å². The number of rotatable bonds is 10. The van der Waals surface area contributed by atoms with Gasteiger partial charge in [-0.3, -0.25) is 4.68 Å². The molecule has 4 heterocycles. The van der Waals surface area contributed by atoms with E-state index in [4.69, 9.17) is 19.5 Å². The Morgan fingerprint density at radius 3 is 2.77 bits per heavy atom. The molecule has 0 saturated carbocycles. The molecule has 0 unspecified atom stereocenters. The predicted molar refractivity (Wildman–Crippen MR) is 150 cm³/mol. The van der Waals surface area contributed by atoms with E-state index in [9.17, 15) is 4.79 Å². The van der Waals surface area contributed by atoms with E-state index in [2.05, 4.69) is 15.1 Å². The molecule has 0 bridgehead atoms. The zero-order chi connectivity index (χ0) is 29.9. The SMILES string of the molecule is COC(=O)c1ccc2nc(Cc3cc(F)c(-c4cccc(OCc5ccn(CC#N)n5)n4)cc3F)n(C[C@@H]3CCO3)c2c1. The molecule has 6 rings (SSSR count). The van der Waals surface area contributed by atoms with E-state index in [1.54, 1.807) is 48.7 Å². The van der Waals surface area contributed by atoms with Crippen LogP contribution in [0.25, 0.3) is 22.3 Å². The third-order valence-electron chi connectivity index (χ3n) is 7.21. The smallest absolute Gasteiger partial charge is 0.337 e. The molecule has 2 aromatic carbocycles. The summed E-state index contributed by atoms with van der Waals surface area (Å²) < 4.78 is 50.5. The minimum Gasteiger partial charge on any atom is -0.471 e. The molecule has 1 aliphatic rings. The number of esters is 1. The molecule has 5 aromatic rings. The summed E-state index contributed by atoms with van der Waals surface area (Å²) >= 11 is 0. The normalized spacial score (nSPS) is 14.3. The largest absolute Gasteiger partial charge is 0.471 e. The molecule has 0 spiro atoms. The van der Waals surface area contributed by atoms with Crippen LogP contribution < -0.4 is 4.74 Å². The van der Waals surface area contributed by atoms with E-state index in [0.717, 1.165) is 18.6 Å². The Kier molecular flexibility index (Phi) is 7.81. The maximum atomic E-state index is 15.5. The molecule has 10 nitrogen and oxygen atoms in total. The van der Waals surface area contributed by atoms with Gasteiger partial charge in [-0.05, 0) is 54.4 Å². The Bertz CT molecular complexity index is 1860. The van der Waals surface area contributed by atoms with E-state index in [1.807, 2.05) is 10.6 Å². The Balaban J connectivity index is 1.25. The summed E-state index contributed by atoms with van der Waals surface area (Å²) in [7, 11) is 1.31. The van der Waals surface area contributed by atoms with Crippen molar-refractivity contribution >= 4 is 17.0 Å². The molecule has 43 heavy (non-hydrogen) atoms. The maximum Gasteiger partial charge on any atom is 0.337 e. The average Bonchev–Trinajstić information content (AvgIpc) is 3.58. The first-order chi connectivity index (χ1) is 20.9. The Hall–Kier alpha value is -5.15. The molecule has 0 amide bonds. The first-order valence-corrected chi connectivity index (χ1v) is 13.6.